The van der Waals surface area contributed by atoms with Gasteiger partial charge in [-0.1, -0.05) is 34.6 Å². The average Bonchev–Trinajstić information content (AvgIpc) is 2.44. The van der Waals surface area contributed by atoms with Gasteiger partial charge in [0.1, 0.15) is 0 Å². The molecule has 0 aromatic heterocycles. The smallest absolute Gasteiger partial charge is 0.0259 e. The second-order valence-corrected chi connectivity index (χ2v) is 1.96. The molecule has 1 atom stereocenters. The summed E-state index contributed by atoms with van der Waals surface area (Å²) in [5.41, 5.74) is 1.36. The van der Waals surface area contributed by atoms with E-state index in [4.69, 9.17) is 0 Å². The molecular formula is C10H21N. The van der Waals surface area contributed by atoms with Crippen molar-refractivity contribution in [3.8, 4) is 0 Å². The summed E-state index contributed by atoms with van der Waals surface area (Å²) >= 11 is 0. The van der Waals surface area contributed by atoms with Crippen LogP contribution in [0.4, 0.5) is 0 Å². The summed E-state index contributed by atoms with van der Waals surface area (Å²) in [5.74, 6) is 0.583. The topological polar surface area (TPSA) is 12.4 Å². The Hall–Kier alpha value is -0.590. The van der Waals surface area contributed by atoms with Crippen molar-refractivity contribution in [3.05, 3.63) is 11.8 Å². The third-order valence-electron chi connectivity index (χ3n) is 1.31. The Balaban J connectivity index is 0. The Bertz CT molecular complexity index is 123. The van der Waals surface area contributed by atoms with Crippen molar-refractivity contribution in [2.24, 2.45) is 10.9 Å². The van der Waals surface area contributed by atoms with Gasteiger partial charge in [0.05, 0.1) is 0 Å². The molecule has 0 bridgehead atoms. The summed E-state index contributed by atoms with van der Waals surface area (Å²) in [6, 6.07) is 0. The van der Waals surface area contributed by atoms with Crippen LogP contribution >= 0.6 is 0 Å². The summed E-state index contributed by atoms with van der Waals surface area (Å²) < 4.78 is 0. The maximum atomic E-state index is 3.96. The molecule has 1 aliphatic heterocycles. The van der Waals surface area contributed by atoms with Crippen LogP contribution in [0.5, 0.6) is 0 Å². The number of hydrogen-bond acceptors (Lipinski definition) is 1. The minimum atomic E-state index is 0.583. The summed E-state index contributed by atoms with van der Waals surface area (Å²) in [5, 5.41) is 0. The van der Waals surface area contributed by atoms with E-state index in [1.54, 1.807) is 0 Å². The highest BCUT2D eigenvalue weighted by molar-refractivity contribution is 5.68. The molecule has 0 aliphatic carbocycles. The van der Waals surface area contributed by atoms with Gasteiger partial charge in [-0.15, -0.1) is 0 Å². The van der Waals surface area contributed by atoms with Crippen molar-refractivity contribution in [2.75, 3.05) is 0 Å². The molecule has 0 fully saturated rings. The normalized spacial score (nSPS) is 19.1. The van der Waals surface area contributed by atoms with Gasteiger partial charge in [-0.3, -0.25) is 4.99 Å². The molecule has 1 rings (SSSR count). The van der Waals surface area contributed by atoms with Crippen molar-refractivity contribution in [1.29, 1.82) is 0 Å². The minimum Gasteiger partial charge on any atom is -0.269 e. The lowest BCUT2D eigenvalue weighted by atomic mass is 10.1. The van der Waals surface area contributed by atoms with Crippen molar-refractivity contribution in [2.45, 2.75) is 41.5 Å². The van der Waals surface area contributed by atoms with Crippen LogP contribution in [-0.2, 0) is 0 Å². The van der Waals surface area contributed by atoms with E-state index in [2.05, 4.69) is 18.8 Å². The molecule has 0 saturated heterocycles. The van der Waals surface area contributed by atoms with Crippen molar-refractivity contribution in [3.63, 3.8) is 0 Å². The molecule has 1 aliphatic rings. The first-order chi connectivity index (χ1) is 5.30. The van der Waals surface area contributed by atoms with E-state index in [1.807, 2.05) is 40.1 Å². The third-order valence-corrected chi connectivity index (χ3v) is 1.31. The molecule has 66 valence electrons. The quantitative estimate of drug-likeness (QED) is 0.506. The summed E-state index contributed by atoms with van der Waals surface area (Å²) in [7, 11) is 0. The molecule has 1 heterocycles. The van der Waals surface area contributed by atoms with Crippen LogP contribution in [0, 0.1) is 5.92 Å². The van der Waals surface area contributed by atoms with Gasteiger partial charge in [0, 0.05) is 18.3 Å². The van der Waals surface area contributed by atoms with E-state index in [0.717, 1.165) is 0 Å². The Labute approximate surface area is 71.2 Å². The summed E-state index contributed by atoms with van der Waals surface area (Å²) in [6.45, 7) is 12.2. The van der Waals surface area contributed by atoms with Gasteiger partial charge < -0.3 is 0 Å². The molecule has 0 radical (unpaired) electrons. The van der Waals surface area contributed by atoms with Gasteiger partial charge in [0.2, 0.25) is 0 Å². The second kappa shape index (κ2) is 9.41. The number of allylic oxidation sites excluding steroid dienone is 1. The molecule has 0 aromatic carbocycles. The zero-order chi connectivity index (χ0) is 9.28. The fourth-order valence-electron chi connectivity index (χ4n) is 0.525. The lowest BCUT2D eigenvalue weighted by molar-refractivity contribution is 0.957. The van der Waals surface area contributed by atoms with E-state index < -0.39 is 0 Å². The van der Waals surface area contributed by atoms with Gasteiger partial charge in [-0.2, -0.15) is 0 Å². The third kappa shape index (κ3) is 5.84. The minimum absolute atomic E-state index is 0.583. The first kappa shape index (κ1) is 13.0. The van der Waals surface area contributed by atoms with Crippen LogP contribution in [0.1, 0.15) is 41.5 Å². The van der Waals surface area contributed by atoms with E-state index >= 15 is 0 Å². The Kier molecular flexibility index (Phi) is 11.1. The lowest BCUT2D eigenvalue weighted by Crippen LogP contribution is -1.89. The standard InChI is InChI=1S/C6H9N.2C2H6/c1-5-3-7-4-6(5)2;2*1-2/h3-5H,1-2H3;2*1-2H3. The first-order valence-electron chi connectivity index (χ1n) is 4.50. The van der Waals surface area contributed by atoms with E-state index in [1.165, 1.54) is 5.57 Å². The van der Waals surface area contributed by atoms with E-state index in [-0.39, 0.29) is 0 Å². The number of nitrogens with zero attached hydrogens (tertiary/aromatic N) is 1. The number of hydrogen-bond donors (Lipinski definition) is 0. The molecule has 1 unspecified atom stereocenters. The van der Waals surface area contributed by atoms with Crippen molar-refractivity contribution >= 4 is 6.21 Å². The van der Waals surface area contributed by atoms with Crippen LogP contribution in [0.15, 0.2) is 16.8 Å². The molecule has 1 nitrogen and oxygen atoms in total. The van der Waals surface area contributed by atoms with Crippen LogP contribution < -0.4 is 0 Å². The Morgan fingerprint density at radius 2 is 1.64 bits per heavy atom. The number of rotatable bonds is 0. The highest BCUT2D eigenvalue weighted by atomic mass is 14.7. The van der Waals surface area contributed by atoms with E-state index in [0.29, 0.717) is 5.92 Å². The molecule has 11 heavy (non-hydrogen) atoms. The van der Waals surface area contributed by atoms with Crippen molar-refractivity contribution in [1.82, 2.24) is 0 Å². The molecule has 0 saturated carbocycles. The molecular weight excluding hydrogens is 134 g/mol. The molecule has 1 heteroatoms. The Morgan fingerprint density at radius 1 is 1.18 bits per heavy atom. The van der Waals surface area contributed by atoms with Crippen LogP contribution in [0.2, 0.25) is 0 Å². The predicted octanol–water partition coefficient (Wildman–Crippen LogP) is 3.66. The molecule has 0 aromatic rings. The molecule has 0 spiro atoms. The lowest BCUT2D eigenvalue weighted by Gasteiger charge is -1.94. The van der Waals surface area contributed by atoms with Crippen molar-refractivity contribution < 1.29 is 0 Å². The fraction of sp³-hybridized carbons (Fsp3) is 0.700. The Morgan fingerprint density at radius 3 is 1.73 bits per heavy atom. The maximum absolute atomic E-state index is 3.96. The predicted molar refractivity (Wildman–Crippen MR) is 54.1 cm³/mol. The van der Waals surface area contributed by atoms with Gasteiger partial charge in [-0.05, 0) is 12.5 Å². The average molecular weight is 155 g/mol. The largest absolute Gasteiger partial charge is 0.269 e. The highest BCUT2D eigenvalue weighted by Crippen LogP contribution is 2.11. The van der Waals surface area contributed by atoms with Gasteiger partial charge in [0.25, 0.3) is 0 Å². The van der Waals surface area contributed by atoms with Crippen LogP contribution in [-0.4, -0.2) is 6.21 Å². The molecule has 0 amide bonds. The van der Waals surface area contributed by atoms with Gasteiger partial charge >= 0.3 is 0 Å². The zero-order valence-corrected chi connectivity index (χ0v) is 8.68. The van der Waals surface area contributed by atoms with Crippen LogP contribution in [0.25, 0.3) is 0 Å². The fourth-order valence-corrected chi connectivity index (χ4v) is 0.525. The summed E-state index contributed by atoms with van der Waals surface area (Å²) in [6.07, 6.45) is 3.86. The highest BCUT2D eigenvalue weighted by Gasteiger charge is 2.02. The first-order valence-corrected chi connectivity index (χ1v) is 4.50. The zero-order valence-electron chi connectivity index (χ0n) is 8.68. The summed E-state index contributed by atoms with van der Waals surface area (Å²) in [4.78, 5) is 3.96. The maximum Gasteiger partial charge on any atom is 0.0259 e. The van der Waals surface area contributed by atoms with Gasteiger partial charge in [0.15, 0.2) is 0 Å². The SMILES string of the molecule is CC.CC.CC1=CN=CC1C. The molecule has 0 N–H and O–H groups in total. The van der Waals surface area contributed by atoms with Crippen LogP contribution in [0.3, 0.4) is 0 Å². The monoisotopic (exact) mass is 155 g/mol. The second-order valence-electron chi connectivity index (χ2n) is 1.96. The number of aliphatic imine (C=N–C) groups is 1. The van der Waals surface area contributed by atoms with Gasteiger partial charge in [-0.25, -0.2) is 0 Å². The van der Waals surface area contributed by atoms with E-state index in [9.17, 15) is 0 Å².